The second-order valence-corrected chi connectivity index (χ2v) is 8.17. The molecule has 2 aromatic carbocycles. The molecule has 1 unspecified atom stereocenters. The Kier molecular flexibility index (Phi) is 3.48. The van der Waals surface area contributed by atoms with Gasteiger partial charge in [-0.1, -0.05) is 24.3 Å². The summed E-state index contributed by atoms with van der Waals surface area (Å²) in [6.07, 6.45) is 0.502. The van der Waals surface area contributed by atoms with Gasteiger partial charge in [-0.25, -0.2) is 0 Å². The van der Waals surface area contributed by atoms with E-state index in [1.54, 1.807) is 23.8 Å². The zero-order chi connectivity index (χ0) is 20.6. The molecule has 0 bridgehead atoms. The Morgan fingerprint density at radius 1 is 1.03 bits per heavy atom. The Balaban J connectivity index is 1.60. The van der Waals surface area contributed by atoms with Crippen molar-refractivity contribution in [2.24, 2.45) is 0 Å². The fraction of sp³-hybridized carbons (Fsp3) is 0.304. The number of H-pyrrole nitrogens is 1. The molecule has 3 aliphatic rings. The predicted octanol–water partition coefficient (Wildman–Crippen LogP) is 2.60. The van der Waals surface area contributed by atoms with Gasteiger partial charge in [0.05, 0.1) is 6.04 Å². The monoisotopic (exact) mass is 403 g/mol. The molecule has 3 aliphatic heterocycles. The van der Waals surface area contributed by atoms with E-state index in [-0.39, 0.29) is 18.6 Å². The Bertz CT molecular complexity index is 1220. The Morgan fingerprint density at radius 3 is 2.70 bits per heavy atom. The SMILES string of the molecule is CC1C(=O)N2[C@H](c3ccc4c(c3)OCO4)c3[nH]c4ccccc4c3C[C@@H]2C(=O)N1C. The maximum absolute atomic E-state index is 13.4. The topological polar surface area (TPSA) is 74.9 Å². The fourth-order valence-electron chi connectivity index (χ4n) is 4.99. The summed E-state index contributed by atoms with van der Waals surface area (Å²) in [5.74, 6) is 1.28. The van der Waals surface area contributed by atoms with Crippen LogP contribution in [0.4, 0.5) is 0 Å². The van der Waals surface area contributed by atoms with Crippen LogP contribution in [0.15, 0.2) is 42.5 Å². The lowest BCUT2D eigenvalue weighted by atomic mass is 9.85. The van der Waals surface area contributed by atoms with E-state index in [0.29, 0.717) is 17.9 Å². The number of hydrogen-bond donors (Lipinski definition) is 1. The van der Waals surface area contributed by atoms with Gasteiger partial charge < -0.3 is 24.3 Å². The van der Waals surface area contributed by atoms with Gasteiger partial charge in [0.25, 0.3) is 0 Å². The molecule has 0 radical (unpaired) electrons. The molecular formula is C23H21N3O4. The largest absolute Gasteiger partial charge is 0.454 e. The van der Waals surface area contributed by atoms with E-state index >= 15 is 0 Å². The number of rotatable bonds is 1. The van der Waals surface area contributed by atoms with Crippen LogP contribution in [-0.2, 0) is 16.0 Å². The summed E-state index contributed by atoms with van der Waals surface area (Å²) >= 11 is 0. The van der Waals surface area contributed by atoms with E-state index in [2.05, 4.69) is 11.1 Å². The third kappa shape index (κ3) is 2.20. The number of likely N-dealkylation sites (N-methyl/N-ethyl adjacent to an activating group) is 1. The molecule has 0 saturated carbocycles. The van der Waals surface area contributed by atoms with Crippen molar-refractivity contribution in [2.45, 2.75) is 31.5 Å². The second-order valence-electron chi connectivity index (χ2n) is 8.17. The summed E-state index contributed by atoms with van der Waals surface area (Å²) in [7, 11) is 1.71. The molecule has 3 aromatic rings. The van der Waals surface area contributed by atoms with Gasteiger partial charge in [0.2, 0.25) is 18.6 Å². The molecule has 1 fully saturated rings. The standard InChI is InChI=1S/C23H21N3O4/c1-12-22(27)26-17(23(28)25(12)2)10-15-14-5-3-4-6-16(14)24-20(15)21(26)13-7-8-18-19(9-13)30-11-29-18/h3-9,12,17,21,24H,10-11H2,1-2H3/t12?,17-,21-/m1/s1. The quantitative estimate of drug-likeness (QED) is 0.678. The zero-order valence-corrected chi connectivity index (χ0v) is 16.7. The summed E-state index contributed by atoms with van der Waals surface area (Å²) in [6.45, 7) is 1.97. The van der Waals surface area contributed by atoms with E-state index in [4.69, 9.17) is 9.47 Å². The molecule has 7 nitrogen and oxygen atoms in total. The molecule has 3 atom stereocenters. The van der Waals surface area contributed by atoms with Crippen LogP contribution in [0, 0.1) is 0 Å². The van der Waals surface area contributed by atoms with Gasteiger partial charge in [0, 0.05) is 30.1 Å². The van der Waals surface area contributed by atoms with E-state index < -0.39 is 18.1 Å². The molecule has 7 heteroatoms. The molecule has 6 rings (SSSR count). The fourth-order valence-corrected chi connectivity index (χ4v) is 4.99. The zero-order valence-electron chi connectivity index (χ0n) is 16.7. The van der Waals surface area contributed by atoms with E-state index in [0.717, 1.165) is 27.7 Å². The normalized spacial score (nSPS) is 24.9. The summed E-state index contributed by atoms with van der Waals surface area (Å²) in [4.78, 5) is 33.5. The number of ether oxygens (including phenoxy) is 2. The maximum Gasteiger partial charge on any atom is 0.246 e. The lowest BCUT2D eigenvalue weighted by Gasteiger charge is -2.48. The highest BCUT2D eigenvalue weighted by Crippen LogP contribution is 2.45. The first-order valence-electron chi connectivity index (χ1n) is 10.1. The van der Waals surface area contributed by atoms with Crippen LogP contribution >= 0.6 is 0 Å². The highest BCUT2D eigenvalue weighted by Gasteiger charge is 2.50. The van der Waals surface area contributed by atoms with Gasteiger partial charge in [-0.05, 0) is 36.2 Å². The van der Waals surface area contributed by atoms with E-state index in [9.17, 15) is 9.59 Å². The lowest BCUT2D eigenvalue weighted by molar-refractivity contribution is -0.162. The number of aromatic nitrogens is 1. The molecule has 1 N–H and O–H groups in total. The van der Waals surface area contributed by atoms with E-state index in [1.165, 1.54) is 0 Å². The average molecular weight is 403 g/mol. The number of carbonyl (C=O) groups excluding carboxylic acids is 2. The highest BCUT2D eigenvalue weighted by molar-refractivity contribution is 5.99. The number of para-hydroxylation sites is 1. The van der Waals surface area contributed by atoms with Crippen LogP contribution in [0.25, 0.3) is 10.9 Å². The van der Waals surface area contributed by atoms with Crippen LogP contribution < -0.4 is 9.47 Å². The molecular weight excluding hydrogens is 382 g/mol. The minimum atomic E-state index is -0.527. The molecule has 152 valence electrons. The molecule has 2 amide bonds. The average Bonchev–Trinajstić information content (AvgIpc) is 3.38. The number of carbonyl (C=O) groups is 2. The van der Waals surface area contributed by atoms with Crippen molar-refractivity contribution in [3.63, 3.8) is 0 Å². The third-order valence-corrected chi connectivity index (χ3v) is 6.67. The maximum atomic E-state index is 13.4. The van der Waals surface area contributed by atoms with Gasteiger partial charge >= 0.3 is 0 Å². The number of piperazine rings is 1. The minimum Gasteiger partial charge on any atom is -0.454 e. The third-order valence-electron chi connectivity index (χ3n) is 6.67. The van der Waals surface area contributed by atoms with Crippen LogP contribution in [0.1, 0.15) is 29.8 Å². The van der Waals surface area contributed by atoms with Crippen molar-refractivity contribution in [3.05, 3.63) is 59.3 Å². The Labute approximate surface area is 173 Å². The van der Waals surface area contributed by atoms with Crippen LogP contribution in [0.5, 0.6) is 11.5 Å². The van der Waals surface area contributed by atoms with Crippen molar-refractivity contribution in [1.29, 1.82) is 0 Å². The predicted molar refractivity (Wildman–Crippen MR) is 109 cm³/mol. The summed E-state index contributed by atoms with van der Waals surface area (Å²) in [5.41, 5.74) is 3.96. The summed E-state index contributed by atoms with van der Waals surface area (Å²) in [6, 6.07) is 12.4. The van der Waals surface area contributed by atoms with E-state index in [1.807, 2.05) is 36.4 Å². The van der Waals surface area contributed by atoms with Crippen molar-refractivity contribution < 1.29 is 19.1 Å². The van der Waals surface area contributed by atoms with Gasteiger partial charge in [-0.15, -0.1) is 0 Å². The molecule has 1 aromatic heterocycles. The minimum absolute atomic E-state index is 0.0243. The summed E-state index contributed by atoms with van der Waals surface area (Å²) in [5, 5.41) is 1.10. The van der Waals surface area contributed by atoms with Gasteiger partial charge in [-0.3, -0.25) is 9.59 Å². The first-order valence-corrected chi connectivity index (χ1v) is 10.1. The Morgan fingerprint density at radius 2 is 1.83 bits per heavy atom. The summed E-state index contributed by atoms with van der Waals surface area (Å²) < 4.78 is 11.1. The van der Waals surface area contributed by atoms with Crippen molar-refractivity contribution in [2.75, 3.05) is 13.8 Å². The molecule has 0 spiro atoms. The molecule has 4 heterocycles. The first kappa shape index (κ1) is 17.4. The van der Waals surface area contributed by atoms with Crippen LogP contribution in [0.3, 0.4) is 0 Å². The number of aromatic amines is 1. The molecule has 0 aliphatic carbocycles. The number of nitrogens with one attached hydrogen (secondary N) is 1. The number of hydrogen-bond acceptors (Lipinski definition) is 4. The van der Waals surface area contributed by atoms with Crippen molar-refractivity contribution in [1.82, 2.24) is 14.8 Å². The van der Waals surface area contributed by atoms with Gasteiger partial charge in [0.15, 0.2) is 11.5 Å². The van der Waals surface area contributed by atoms with Gasteiger partial charge in [-0.2, -0.15) is 0 Å². The smallest absolute Gasteiger partial charge is 0.246 e. The van der Waals surface area contributed by atoms with Crippen molar-refractivity contribution in [3.8, 4) is 11.5 Å². The van der Waals surface area contributed by atoms with Crippen LogP contribution in [-0.4, -0.2) is 52.5 Å². The first-order chi connectivity index (χ1) is 14.5. The van der Waals surface area contributed by atoms with Crippen molar-refractivity contribution >= 4 is 22.7 Å². The number of fused-ring (bicyclic) bond motifs is 5. The number of nitrogens with zero attached hydrogens (tertiary/aromatic N) is 2. The molecule has 30 heavy (non-hydrogen) atoms. The van der Waals surface area contributed by atoms with Gasteiger partial charge in [0.1, 0.15) is 12.1 Å². The highest BCUT2D eigenvalue weighted by atomic mass is 16.7. The second kappa shape index (κ2) is 6.01. The number of amides is 2. The molecule has 1 saturated heterocycles. The van der Waals surface area contributed by atoms with Crippen LogP contribution in [0.2, 0.25) is 0 Å². The number of benzene rings is 2. The lowest BCUT2D eigenvalue weighted by Crippen LogP contribution is -2.65. The Hall–Kier alpha value is -3.48.